The van der Waals surface area contributed by atoms with Crippen molar-refractivity contribution in [3.05, 3.63) is 22.9 Å². The topological polar surface area (TPSA) is 168 Å². The Morgan fingerprint density at radius 1 is 0.944 bits per heavy atom. The minimum absolute atomic E-state index is 0.0977. The van der Waals surface area contributed by atoms with Gasteiger partial charge in [0, 0.05) is 39.5 Å². The summed E-state index contributed by atoms with van der Waals surface area (Å²) in [5, 5.41) is 9.88. The van der Waals surface area contributed by atoms with Crippen molar-refractivity contribution in [2.75, 3.05) is 6.61 Å². The summed E-state index contributed by atoms with van der Waals surface area (Å²) in [6.45, 7) is 7.10. The zero-order valence-corrected chi connectivity index (χ0v) is 21.4. The fraction of sp³-hybridized carbons (Fsp3) is 0.522. The summed E-state index contributed by atoms with van der Waals surface area (Å²) in [4.78, 5) is 63.3. The highest BCUT2D eigenvalue weighted by atomic mass is 32.2. The van der Waals surface area contributed by atoms with Crippen LogP contribution in [0.2, 0.25) is 0 Å². The van der Waals surface area contributed by atoms with E-state index in [1.807, 2.05) is 6.07 Å². The van der Waals surface area contributed by atoms with Gasteiger partial charge in [-0.25, -0.2) is 4.98 Å². The van der Waals surface area contributed by atoms with Gasteiger partial charge in [0.2, 0.25) is 0 Å². The lowest BCUT2D eigenvalue weighted by Crippen LogP contribution is -2.61. The molecule has 1 aromatic heterocycles. The van der Waals surface area contributed by atoms with Gasteiger partial charge in [-0.05, 0) is 19.4 Å². The summed E-state index contributed by atoms with van der Waals surface area (Å²) >= 11 is 0.874. The number of carbonyl (C=O) groups excluding carboxylic acids is 5. The molecule has 0 radical (unpaired) electrons. The Balaban J connectivity index is 2.58. The Labute approximate surface area is 211 Å². The van der Waals surface area contributed by atoms with E-state index >= 15 is 0 Å². The molecule has 194 valence electrons. The second-order valence-corrected chi connectivity index (χ2v) is 8.92. The second kappa shape index (κ2) is 12.5. The van der Waals surface area contributed by atoms with E-state index in [-0.39, 0.29) is 28.5 Å². The quantitative estimate of drug-likeness (QED) is 0.275. The van der Waals surface area contributed by atoms with Gasteiger partial charge in [0.25, 0.3) is 0 Å². The molecule has 1 saturated heterocycles. The average molecular weight is 523 g/mol. The van der Waals surface area contributed by atoms with Gasteiger partial charge in [-0.3, -0.25) is 24.0 Å². The van der Waals surface area contributed by atoms with Crippen LogP contribution in [0.5, 0.6) is 0 Å². The predicted octanol–water partition coefficient (Wildman–Crippen LogP) is 1.64. The van der Waals surface area contributed by atoms with Crippen LogP contribution in [0, 0.1) is 18.3 Å². The van der Waals surface area contributed by atoms with Crippen LogP contribution in [0.25, 0.3) is 0 Å². The Kier molecular flexibility index (Phi) is 9.94. The maximum absolute atomic E-state index is 12.0. The molecule has 1 fully saturated rings. The molecular weight excluding hydrogens is 496 g/mol. The van der Waals surface area contributed by atoms with Crippen molar-refractivity contribution >= 4 is 41.4 Å². The van der Waals surface area contributed by atoms with E-state index < -0.39 is 53.7 Å². The molecule has 5 atom stereocenters. The maximum Gasteiger partial charge on any atom is 0.303 e. The maximum atomic E-state index is 12.0. The number of thioether (sulfide) groups is 1. The number of aromatic nitrogens is 1. The molecule has 0 N–H and O–H groups in total. The van der Waals surface area contributed by atoms with Crippen LogP contribution in [-0.2, 0) is 42.9 Å². The first-order valence-corrected chi connectivity index (χ1v) is 11.6. The fourth-order valence-corrected chi connectivity index (χ4v) is 4.74. The molecular formula is C23H26N2O10S. The van der Waals surface area contributed by atoms with E-state index in [0.29, 0.717) is 5.56 Å². The summed E-state index contributed by atoms with van der Waals surface area (Å²) in [7, 11) is 0. The average Bonchev–Trinajstić information content (AvgIpc) is 2.75. The predicted molar refractivity (Wildman–Crippen MR) is 122 cm³/mol. The molecule has 13 heteroatoms. The highest BCUT2D eigenvalue weighted by Crippen LogP contribution is 2.38. The van der Waals surface area contributed by atoms with Crippen molar-refractivity contribution in [2.24, 2.45) is 0 Å². The summed E-state index contributed by atoms with van der Waals surface area (Å²) < 4.78 is 27.2. The van der Waals surface area contributed by atoms with Gasteiger partial charge in [0.15, 0.2) is 29.5 Å². The molecule has 0 unspecified atom stereocenters. The number of ether oxygens (including phenoxy) is 5. The normalized spacial score (nSPS) is 23.1. The third kappa shape index (κ3) is 7.25. The van der Waals surface area contributed by atoms with Gasteiger partial charge in [-0.2, -0.15) is 5.26 Å². The van der Waals surface area contributed by atoms with E-state index in [2.05, 4.69) is 4.98 Å². The molecule has 1 aliphatic rings. The molecule has 0 spiro atoms. The van der Waals surface area contributed by atoms with Crippen LogP contribution in [0.4, 0.5) is 0 Å². The van der Waals surface area contributed by atoms with Gasteiger partial charge in [0.1, 0.15) is 23.8 Å². The summed E-state index contributed by atoms with van der Waals surface area (Å²) in [6.07, 6.45) is -3.76. The van der Waals surface area contributed by atoms with Gasteiger partial charge in [-0.1, -0.05) is 11.8 Å². The number of Topliss-reactive ketones (excluding diaryl/α,β-unsaturated/α-hetero) is 1. The molecule has 0 saturated carbocycles. The number of carbonyl (C=O) groups is 5. The first-order chi connectivity index (χ1) is 16.8. The van der Waals surface area contributed by atoms with E-state index in [1.165, 1.54) is 20.0 Å². The fourth-order valence-electron chi connectivity index (χ4n) is 3.55. The molecule has 36 heavy (non-hydrogen) atoms. The lowest BCUT2D eigenvalue weighted by atomic mass is 9.99. The first-order valence-electron chi connectivity index (χ1n) is 10.7. The Bertz CT molecular complexity index is 1100. The molecule has 0 aromatic carbocycles. The number of esters is 4. The van der Waals surface area contributed by atoms with E-state index in [4.69, 9.17) is 23.7 Å². The summed E-state index contributed by atoms with van der Waals surface area (Å²) in [6, 6.07) is 2.01. The SMILES string of the molecule is CC(=O)OC[C@H]1O[C@@H](Sc2ncc(C(C)=O)c(C)c2C#N)[C@H](OC(C)=O)[C@@H](OC(C)=O)[C@@H]1OC(C)=O. The number of hydrogen-bond acceptors (Lipinski definition) is 13. The van der Waals surface area contributed by atoms with Gasteiger partial charge in [0.05, 0.1) is 5.56 Å². The number of ketones is 1. The zero-order chi connectivity index (χ0) is 27.2. The second-order valence-electron chi connectivity index (χ2n) is 7.83. The molecule has 2 heterocycles. The Hall–Kier alpha value is -3.50. The van der Waals surface area contributed by atoms with Crippen LogP contribution in [0.1, 0.15) is 56.1 Å². The summed E-state index contributed by atoms with van der Waals surface area (Å²) in [5.41, 5.74) is -0.390. The Morgan fingerprint density at radius 3 is 2.00 bits per heavy atom. The van der Waals surface area contributed by atoms with Crippen molar-refractivity contribution < 1.29 is 47.7 Å². The van der Waals surface area contributed by atoms with Crippen LogP contribution < -0.4 is 0 Å². The number of rotatable bonds is 8. The standard InChI is InChI=1S/C23H26N2O10S/c1-10-16(7-24)22(25-8-17(10)11(2)26)36-23-21(34-15(6)30)20(33-14(5)29)19(32-13(4)28)18(35-23)9-31-12(3)27/h8,18-21,23H,9H2,1-6H3/t18-,19-,20+,21-,23+/m1/s1. The summed E-state index contributed by atoms with van der Waals surface area (Å²) in [5.74, 6) is -3.17. The van der Waals surface area contributed by atoms with Crippen molar-refractivity contribution in [3.8, 4) is 6.07 Å². The smallest absolute Gasteiger partial charge is 0.303 e. The molecule has 1 aliphatic heterocycles. The van der Waals surface area contributed by atoms with Crippen molar-refractivity contribution in [1.29, 1.82) is 5.26 Å². The van der Waals surface area contributed by atoms with Crippen molar-refractivity contribution in [3.63, 3.8) is 0 Å². The van der Waals surface area contributed by atoms with Crippen LogP contribution in [-0.4, -0.2) is 71.1 Å². The van der Waals surface area contributed by atoms with Crippen molar-refractivity contribution in [2.45, 2.75) is 76.4 Å². The third-order valence-corrected chi connectivity index (χ3v) is 6.12. The lowest BCUT2D eigenvalue weighted by Gasteiger charge is -2.44. The zero-order valence-electron chi connectivity index (χ0n) is 20.6. The van der Waals surface area contributed by atoms with Crippen molar-refractivity contribution in [1.82, 2.24) is 4.98 Å². The lowest BCUT2D eigenvalue weighted by molar-refractivity contribution is -0.237. The number of nitriles is 1. The van der Waals surface area contributed by atoms with E-state index in [0.717, 1.165) is 32.5 Å². The molecule has 2 rings (SSSR count). The highest BCUT2D eigenvalue weighted by molar-refractivity contribution is 7.99. The molecule has 0 aliphatic carbocycles. The minimum atomic E-state index is -1.34. The molecule has 1 aromatic rings. The molecule has 0 amide bonds. The van der Waals surface area contributed by atoms with Crippen LogP contribution >= 0.6 is 11.8 Å². The first kappa shape index (κ1) is 28.7. The third-order valence-electron chi connectivity index (χ3n) is 4.97. The monoisotopic (exact) mass is 522 g/mol. The highest BCUT2D eigenvalue weighted by Gasteiger charge is 2.52. The van der Waals surface area contributed by atoms with E-state index in [1.54, 1.807) is 6.92 Å². The van der Waals surface area contributed by atoms with Crippen LogP contribution in [0.3, 0.4) is 0 Å². The minimum Gasteiger partial charge on any atom is -0.463 e. The molecule has 12 nitrogen and oxygen atoms in total. The number of hydrogen-bond donors (Lipinski definition) is 0. The number of pyridine rings is 1. The number of nitrogens with zero attached hydrogens (tertiary/aromatic N) is 2. The van der Waals surface area contributed by atoms with Gasteiger partial charge in [-0.15, -0.1) is 0 Å². The van der Waals surface area contributed by atoms with Gasteiger partial charge >= 0.3 is 23.9 Å². The molecule has 0 bridgehead atoms. The largest absolute Gasteiger partial charge is 0.463 e. The Morgan fingerprint density at radius 2 is 1.50 bits per heavy atom. The van der Waals surface area contributed by atoms with Crippen LogP contribution in [0.15, 0.2) is 11.2 Å². The van der Waals surface area contributed by atoms with Gasteiger partial charge < -0.3 is 23.7 Å². The van der Waals surface area contributed by atoms with E-state index in [9.17, 15) is 29.2 Å².